The second-order valence-electron chi connectivity index (χ2n) is 4.22. The number of likely N-dealkylation sites (N-methyl/N-ethyl adjacent to an activating group) is 1. The van der Waals surface area contributed by atoms with E-state index in [1.807, 2.05) is 0 Å². The zero-order chi connectivity index (χ0) is 13.4. The SMILES string of the molecule is CN1C(=O)/C(=C\c2ccco2)Oc2ccc(N)cc21. The monoisotopic (exact) mass is 256 g/mol. The average Bonchev–Trinajstić information content (AvgIpc) is 2.89. The van der Waals surface area contributed by atoms with Gasteiger partial charge in [0, 0.05) is 18.8 Å². The van der Waals surface area contributed by atoms with Crippen LogP contribution in [0.15, 0.2) is 46.8 Å². The van der Waals surface area contributed by atoms with Crippen LogP contribution < -0.4 is 15.4 Å². The van der Waals surface area contributed by atoms with Crippen molar-refractivity contribution in [3.63, 3.8) is 0 Å². The van der Waals surface area contributed by atoms with Crippen molar-refractivity contribution in [3.8, 4) is 5.75 Å². The molecular formula is C14H12N2O3. The van der Waals surface area contributed by atoms with Crippen LogP contribution in [0.3, 0.4) is 0 Å². The van der Waals surface area contributed by atoms with Crippen LogP contribution in [0.5, 0.6) is 5.75 Å². The van der Waals surface area contributed by atoms with E-state index in [4.69, 9.17) is 14.9 Å². The highest BCUT2D eigenvalue weighted by molar-refractivity contribution is 6.09. The summed E-state index contributed by atoms with van der Waals surface area (Å²) in [5.74, 6) is 1.13. The molecule has 0 aliphatic carbocycles. The maximum Gasteiger partial charge on any atom is 0.293 e. The molecule has 0 saturated carbocycles. The Labute approximate surface area is 109 Å². The molecule has 96 valence electrons. The topological polar surface area (TPSA) is 68.7 Å². The number of amides is 1. The van der Waals surface area contributed by atoms with Crippen molar-refractivity contribution in [2.24, 2.45) is 0 Å². The van der Waals surface area contributed by atoms with E-state index in [0.29, 0.717) is 22.9 Å². The minimum Gasteiger partial charge on any atom is -0.465 e. The van der Waals surface area contributed by atoms with Gasteiger partial charge < -0.3 is 19.8 Å². The Morgan fingerprint density at radius 3 is 2.89 bits per heavy atom. The molecule has 2 N–H and O–H groups in total. The number of benzene rings is 1. The van der Waals surface area contributed by atoms with Gasteiger partial charge in [-0.3, -0.25) is 4.79 Å². The molecule has 2 heterocycles. The molecule has 1 aliphatic rings. The number of ether oxygens (including phenoxy) is 1. The van der Waals surface area contributed by atoms with Crippen molar-refractivity contribution in [3.05, 3.63) is 48.1 Å². The highest BCUT2D eigenvalue weighted by atomic mass is 16.5. The van der Waals surface area contributed by atoms with Crippen molar-refractivity contribution >= 4 is 23.4 Å². The van der Waals surface area contributed by atoms with Crippen LogP contribution in [0.4, 0.5) is 11.4 Å². The molecule has 0 radical (unpaired) electrons. The summed E-state index contributed by atoms with van der Waals surface area (Å²) in [6.07, 6.45) is 3.11. The molecule has 5 heteroatoms. The molecule has 1 aromatic heterocycles. The molecule has 1 aliphatic heterocycles. The first kappa shape index (κ1) is 11.4. The molecule has 5 nitrogen and oxygen atoms in total. The van der Waals surface area contributed by atoms with Gasteiger partial charge in [0.25, 0.3) is 5.91 Å². The number of nitrogen functional groups attached to an aromatic ring is 1. The van der Waals surface area contributed by atoms with Crippen molar-refractivity contribution in [2.45, 2.75) is 0 Å². The van der Waals surface area contributed by atoms with Gasteiger partial charge in [-0.15, -0.1) is 0 Å². The summed E-state index contributed by atoms with van der Waals surface area (Å²) >= 11 is 0. The van der Waals surface area contributed by atoms with Crippen molar-refractivity contribution in [1.29, 1.82) is 0 Å². The van der Waals surface area contributed by atoms with E-state index in [2.05, 4.69) is 0 Å². The number of carbonyl (C=O) groups is 1. The Balaban J connectivity index is 2.04. The molecule has 2 aromatic rings. The molecule has 0 fully saturated rings. The van der Waals surface area contributed by atoms with Gasteiger partial charge in [-0.2, -0.15) is 0 Å². The Bertz CT molecular complexity index is 659. The number of anilines is 2. The summed E-state index contributed by atoms with van der Waals surface area (Å²) in [5.41, 5.74) is 6.95. The van der Waals surface area contributed by atoms with Gasteiger partial charge in [0.05, 0.1) is 12.0 Å². The summed E-state index contributed by atoms with van der Waals surface area (Å²) in [7, 11) is 1.68. The fraction of sp³-hybridized carbons (Fsp3) is 0.0714. The highest BCUT2D eigenvalue weighted by Crippen LogP contribution is 2.36. The van der Waals surface area contributed by atoms with Crippen LogP contribution in [0, 0.1) is 0 Å². The summed E-state index contributed by atoms with van der Waals surface area (Å²) in [5, 5.41) is 0. The Morgan fingerprint density at radius 1 is 1.32 bits per heavy atom. The fourth-order valence-electron chi connectivity index (χ4n) is 1.91. The lowest BCUT2D eigenvalue weighted by atomic mass is 10.2. The van der Waals surface area contributed by atoms with Gasteiger partial charge in [-0.05, 0) is 30.3 Å². The quantitative estimate of drug-likeness (QED) is 0.627. The van der Waals surface area contributed by atoms with Crippen LogP contribution >= 0.6 is 0 Å². The Hall–Kier alpha value is -2.69. The van der Waals surface area contributed by atoms with E-state index in [9.17, 15) is 4.79 Å². The second-order valence-corrected chi connectivity index (χ2v) is 4.22. The van der Waals surface area contributed by atoms with E-state index in [1.165, 1.54) is 11.2 Å². The van der Waals surface area contributed by atoms with Crippen LogP contribution in [0.1, 0.15) is 5.76 Å². The maximum atomic E-state index is 12.2. The number of carbonyl (C=O) groups excluding carboxylic acids is 1. The third-order valence-electron chi connectivity index (χ3n) is 2.90. The number of nitrogens with zero attached hydrogens (tertiary/aromatic N) is 1. The number of hydrogen-bond donors (Lipinski definition) is 1. The van der Waals surface area contributed by atoms with E-state index in [0.717, 1.165) is 0 Å². The highest BCUT2D eigenvalue weighted by Gasteiger charge is 2.27. The number of furan rings is 1. The third kappa shape index (κ3) is 1.95. The first-order chi connectivity index (χ1) is 9.15. The lowest BCUT2D eigenvalue weighted by Gasteiger charge is -2.27. The van der Waals surface area contributed by atoms with Crippen molar-refractivity contribution in [1.82, 2.24) is 0 Å². The molecule has 1 amide bonds. The van der Waals surface area contributed by atoms with Gasteiger partial charge in [0.2, 0.25) is 0 Å². The summed E-state index contributed by atoms with van der Waals surface area (Å²) < 4.78 is 10.8. The largest absolute Gasteiger partial charge is 0.465 e. The molecule has 0 unspecified atom stereocenters. The number of fused-ring (bicyclic) bond motifs is 1. The first-order valence-electron chi connectivity index (χ1n) is 5.76. The van der Waals surface area contributed by atoms with Gasteiger partial charge in [0.1, 0.15) is 5.76 Å². The standard InChI is InChI=1S/C14H12N2O3/c1-16-11-7-9(15)4-5-12(11)19-13(14(16)17)8-10-3-2-6-18-10/h2-8H,15H2,1H3/b13-8+. The number of rotatable bonds is 1. The van der Waals surface area contributed by atoms with Crippen molar-refractivity contribution < 1.29 is 13.9 Å². The Morgan fingerprint density at radius 2 is 2.16 bits per heavy atom. The minimum absolute atomic E-state index is 0.217. The third-order valence-corrected chi connectivity index (χ3v) is 2.90. The van der Waals surface area contributed by atoms with Gasteiger partial charge in [-0.25, -0.2) is 0 Å². The van der Waals surface area contributed by atoms with Gasteiger partial charge in [-0.1, -0.05) is 0 Å². The number of nitrogens with two attached hydrogens (primary N) is 1. The predicted molar refractivity (Wildman–Crippen MR) is 71.6 cm³/mol. The fourth-order valence-corrected chi connectivity index (χ4v) is 1.91. The van der Waals surface area contributed by atoms with Crippen LogP contribution in [-0.4, -0.2) is 13.0 Å². The van der Waals surface area contributed by atoms with Crippen LogP contribution in [0.2, 0.25) is 0 Å². The van der Waals surface area contributed by atoms with E-state index in [1.54, 1.807) is 43.5 Å². The van der Waals surface area contributed by atoms with Crippen molar-refractivity contribution in [2.75, 3.05) is 17.7 Å². The Kier molecular flexibility index (Phi) is 2.52. The molecule has 0 atom stereocenters. The van der Waals surface area contributed by atoms with Gasteiger partial charge in [0.15, 0.2) is 11.5 Å². The minimum atomic E-state index is -0.241. The lowest BCUT2D eigenvalue weighted by Crippen LogP contribution is -2.33. The van der Waals surface area contributed by atoms with Gasteiger partial charge >= 0.3 is 0 Å². The normalized spacial score (nSPS) is 16.4. The zero-order valence-corrected chi connectivity index (χ0v) is 10.3. The van der Waals surface area contributed by atoms with Crippen LogP contribution in [0.25, 0.3) is 6.08 Å². The molecule has 0 bridgehead atoms. The summed E-state index contributed by atoms with van der Waals surface area (Å²) in [6.45, 7) is 0. The van der Waals surface area contributed by atoms with E-state index >= 15 is 0 Å². The van der Waals surface area contributed by atoms with E-state index < -0.39 is 0 Å². The zero-order valence-electron chi connectivity index (χ0n) is 10.3. The van der Waals surface area contributed by atoms with E-state index in [-0.39, 0.29) is 11.7 Å². The lowest BCUT2D eigenvalue weighted by molar-refractivity contribution is -0.117. The molecule has 0 saturated heterocycles. The first-order valence-corrected chi connectivity index (χ1v) is 5.76. The summed E-state index contributed by atoms with van der Waals surface area (Å²) in [6, 6.07) is 8.67. The summed E-state index contributed by atoms with van der Waals surface area (Å²) in [4.78, 5) is 13.7. The van der Waals surface area contributed by atoms with Crippen LogP contribution in [-0.2, 0) is 4.79 Å². The molecule has 3 rings (SSSR count). The second kappa shape index (κ2) is 4.20. The molecule has 19 heavy (non-hydrogen) atoms. The molecule has 1 aromatic carbocycles. The average molecular weight is 256 g/mol. The maximum absolute atomic E-state index is 12.2. The molecular weight excluding hydrogens is 244 g/mol. The molecule has 0 spiro atoms. The predicted octanol–water partition coefficient (Wildman–Crippen LogP) is 2.26. The number of hydrogen-bond acceptors (Lipinski definition) is 4. The smallest absolute Gasteiger partial charge is 0.293 e.